The highest BCUT2D eigenvalue weighted by atomic mass is 16.6. The normalized spacial score (nSPS) is 11.4. The molecule has 0 aliphatic carbocycles. The minimum atomic E-state index is -0.666. The predicted octanol–water partition coefficient (Wildman–Crippen LogP) is 6.24. The van der Waals surface area contributed by atoms with Gasteiger partial charge in [0.25, 0.3) is 11.4 Å². The molecule has 162 valence electrons. The molecule has 0 heterocycles. The number of azide groups is 2. The number of rotatable bonds is 7. The van der Waals surface area contributed by atoms with Crippen LogP contribution in [-0.2, 0) is 0 Å². The molecule has 0 aromatic heterocycles. The van der Waals surface area contributed by atoms with Crippen LogP contribution in [0.25, 0.3) is 20.9 Å². The number of nitro groups is 2. The second kappa shape index (κ2) is 9.80. The van der Waals surface area contributed by atoms with Crippen molar-refractivity contribution in [1.29, 1.82) is 0 Å². The summed E-state index contributed by atoms with van der Waals surface area (Å²) < 4.78 is 0. The number of nitro benzene ring substituents is 2. The van der Waals surface area contributed by atoms with Gasteiger partial charge >= 0.3 is 0 Å². The third kappa shape index (κ3) is 5.02. The molecule has 0 aliphatic rings. The fourth-order valence-electron chi connectivity index (χ4n) is 2.91. The van der Waals surface area contributed by atoms with Crippen molar-refractivity contribution in [2.75, 3.05) is 0 Å². The molecule has 0 amide bonds. The van der Waals surface area contributed by atoms with Crippen LogP contribution in [0.5, 0.6) is 0 Å². The molecule has 0 aliphatic heterocycles. The van der Waals surface area contributed by atoms with Crippen LogP contribution in [0.15, 0.2) is 44.7 Å². The van der Waals surface area contributed by atoms with E-state index in [9.17, 15) is 20.2 Å². The summed E-state index contributed by atoms with van der Waals surface area (Å²) in [5.74, 6) is 0. The zero-order chi connectivity index (χ0) is 24.0. The first kappa shape index (κ1) is 23.5. The van der Waals surface area contributed by atoms with Crippen LogP contribution in [0.4, 0.5) is 22.7 Å². The van der Waals surface area contributed by atoms with Crippen molar-refractivity contribution < 1.29 is 9.85 Å². The number of aryl methyl sites for hydroxylation is 2. The van der Waals surface area contributed by atoms with Crippen LogP contribution in [0.3, 0.4) is 0 Å². The molecular formula is C18H16N10O4. The van der Waals surface area contributed by atoms with Crippen LogP contribution in [0.1, 0.15) is 36.1 Å². The Morgan fingerprint density at radius 3 is 1.41 bits per heavy atom. The van der Waals surface area contributed by atoms with E-state index in [1.807, 2.05) is 0 Å². The Hall–Kier alpha value is -4.80. The molecule has 0 bridgehead atoms. The van der Waals surface area contributed by atoms with E-state index in [1.54, 1.807) is 26.0 Å². The Morgan fingerprint density at radius 1 is 0.781 bits per heavy atom. The lowest BCUT2D eigenvalue weighted by molar-refractivity contribution is -0.384. The Bertz CT molecular complexity index is 1190. The van der Waals surface area contributed by atoms with E-state index in [1.165, 1.54) is 26.0 Å². The second-order valence-corrected chi connectivity index (χ2v) is 6.62. The largest absolute Gasteiger partial charge is 0.279 e. The van der Waals surface area contributed by atoms with Gasteiger partial charge in [0.15, 0.2) is 0 Å². The summed E-state index contributed by atoms with van der Waals surface area (Å²) >= 11 is 0. The van der Waals surface area contributed by atoms with Gasteiger partial charge in [-0.15, -0.1) is 0 Å². The van der Waals surface area contributed by atoms with Crippen LogP contribution in [0.2, 0.25) is 0 Å². The maximum Gasteiger partial charge on any atom is 0.279 e. The van der Waals surface area contributed by atoms with Gasteiger partial charge in [0.2, 0.25) is 0 Å². The van der Waals surface area contributed by atoms with Gasteiger partial charge in [0.05, 0.1) is 21.3 Å². The number of hydrogen-bond donors (Lipinski definition) is 0. The van der Waals surface area contributed by atoms with Crippen molar-refractivity contribution in [2.24, 2.45) is 20.4 Å². The summed E-state index contributed by atoms with van der Waals surface area (Å²) in [6.45, 7) is 6.30. The smallest absolute Gasteiger partial charge is 0.258 e. The molecule has 2 aromatic rings. The van der Waals surface area contributed by atoms with Crippen LogP contribution >= 0.6 is 0 Å². The highest BCUT2D eigenvalue weighted by Crippen LogP contribution is 2.35. The van der Waals surface area contributed by atoms with E-state index in [2.05, 4.69) is 30.3 Å². The Kier molecular flexibility index (Phi) is 7.19. The van der Waals surface area contributed by atoms with Gasteiger partial charge in [-0.1, -0.05) is 10.2 Å². The molecular weight excluding hydrogens is 420 g/mol. The average molecular weight is 436 g/mol. The van der Waals surface area contributed by atoms with Crippen molar-refractivity contribution in [2.45, 2.75) is 27.7 Å². The van der Waals surface area contributed by atoms with Crippen molar-refractivity contribution in [3.8, 4) is 0 Å². The Balaban J connectivity index is 2.69. The predicted molar refractivity (Wildman–Crippen MR) is 118 cm³/mol. The maximum absolute atomic E-state index is 11.4. The Labute approximate surface area is 180 Å². The lowest BCUT2D eigenvalue weighted by atomic mass is 10.0. The van der Waals surface area contributed by atoms with Gasteiger partial charge in [-0.2, -0.15) is 10.2 Å². The first-order valence-electron chi connectivity index (χ1n) is 8.88. The summed E-state index contributed by atoms with van der Waals surface area (Å²) in [6.07, 6.45) is 0. The summed E-state index contributed by atoms with van der Waals surface area (Å²) in [5, 5.41) is 37.7. The summed E-state index contributed by atoms with van der Waals surface area (Å²) in [7, 11) is 0. The van der Waals surface area contributed by atoms with Crippen LogP contribution in [-0.4, -0.2) is 21.3 Å². The van der Waals surface area contributed by atoms with E-state index in [0.29, 0.717) is 11.1 Å². The van der Waals surface area contributed by atoms with E-state index in [0.717, 1.165) is 0 Å². The SMILES string of the molecule is C/C(=N\N=C(/C)c1cc(C)cc([N+](=O)[O-])c1N=[N+]=[N-])c1cc(C)cc([N+](=O)[O-])c1N=[N+]=[N-]. The zero-order valence-electron chi connectivity index (χ0n) is 17.4. The molecule has 0 saturated carbocycles. The second-order valence-electron chi connectivity index (χ2n) is 6.62. The molecule has 0 fully saturated rings. The van der Waals surface area contributed by atoms with Crippen molar-refractivity contribution in [3.63, 3.8) is 0 Å². The number of nitrogens with zero attached hydrogens (tertiary/aromatic N) is 10. The molecule has 0 saturated heterocycles. The molecule has 2 rings (SSSR count). The molecule has 14 nitrogen and oxygen atoms in total. The first-order valence-corrected chi connectivity index (χ1v) is 8.88. The molecule has 0 N–H and O–H groups in total. The molecule has 0 unspecified atom stereocenters. The van der Waals surface area contributed by atoms with E-state index < -0.39 is 9.85 Å². The van der Waals surface area contributed by atoms with Gasteiger partial charge in [-0.25, -0.2) is 0 Å². The molecule has 2 aromatic carbocycles. The van der Waals surface area contributed by atoms with Gasteiger partial charge in [-0.05, 0) is 62.0 Å². The summed E-state index contributed by atoms with van der Waals surface area (Å²) in [6, 6.07) is 5.66. The molecule has 0 radical (unpaired) electrons. The van der Waals surface area contributed by atoms with Gasteiger partial charge in [0, 0.05) is 33.1 Å². The summed E-state index contributed by atoms with van der Waals surface area (Å²) in [5.41, 5.74) is 18.3. The fraction of sp³-hybridized carbons (Fsp3) is 0.222. The number of benzene rings is 2. The van der Waals surface area contributed by atoms with Crippen molar-refractivity contribution >= 4 is 34.2 Å². The lowest BCUT2D eigenvalue weighted by Crippen LogP contribution is -2.02. The standard InChI is InChI=1S/C18H16N10O4/c1-9-5-13(17(23-25-19)15(7-9)27(29)30)11(3)21-22-12(4)14-6-10(2)8-16(28(31)32)18(14)24-26-20/h5-8H,1-4H3/b21-11+,22-12+. The molecule has 0 atom stereocenters. The van der Waals surface area contributed by atoms with E-state index >= 15 is 0 Å². The van der Waals surface area contributed by atoms with Crippen molar-refractivity contribution in [3.05, 3.63) is 87.6 Å². The lowest BCUT2D eigenvalue weighted by Gasteiger charge is -2.08. The zero-order valence-corrected chi connectivity index (χ0v) is 17.4. The topological polar surface area (TPSA) is 209 Å². The highest BCUT2D eigenvalue weighted by molar-refractivity contribution is 6.07. The molecule has 14 heteroatoms. The van der Waals surface area contributed by atoms with Crippen molar-refractivity contribution in [1.82, 2.24) is 0 Å². The minimum Gasteiger partial charge on any atom is -0.258 e. The van der Waals surface area contributed by atoms with Crippen LogP contribution in [0, 0.1) is 34.1 Å². The first-order chi connectivity index (χ1) is 15.1. The molecule has 32 heavy (non-hydrogen) atoms. The summed E-state index contributed by atoms with van der Waals surface area (Å²) in [4.78, 5) is 26.7. The Morgan fingerprint density at radius 2 is 1.12 bits per heavy atom. The quantitative estimate of drug-likeness (QED) is 0.123. The highest BCUT2D eigenvalue weighted by Gasteiger charge is 2.21. The molecule has 0 spiro atoms. The maximum atomic E-state index is 11.4. The van der Waals surface area contributed by atoms with E-state index in [4.69, 9.17) is 11.1 Å². The van der Waals surface area contributed by atoms with Crippen LogP contribution < -0.4 is 0 Å². The monoisotopic (exact) mass is 436 g/mol. The fourth-order valence-corrected chi connectivity index (χ4v) is 2.91. The minimum absolute atomic E-state index is 0.200. The number of hydrogen-bond acceptors (Lipinski definition) is 8. The van der Waals surface area contributed by atoms with Gasteiger partial charge in [0.1, 0.15) is 11.4 Å². The third-order valence-corrected chi connectivity index (χ3v) is 4.28. The third-order valence-electron chi connectivity index (χ3n) is 4.28. The average Bonchev–Trinajstić information content (AvgIpc) is 2.73. The van der Waals surface area contributed by atoms with E-state index in [-0.39, 0.29) is 45.3 Å². The van der Waals surface area contributed by atoms with Gasteiger partial charge in [-0.3, -0.25) is 20.2 Å². The van der Waals surface area contributed by atoms with Gasteiger partial charge < -0.3 is 0 Å².